The quantitative estimate of drug-likeness (QED) is 0.240. The van der Waals surface area contributed by atoms with Gasteiger partial charge in [-0.15, -0.1) is 0 Å². The van der Waals surface area contributed by atoms with Crippen molar-refractivity contribution in [2.45, 2.75) is 95.9 Å². The van der Waals surface area contributed by atoms with Gasteiger partial charge in [-0.05, 0) is 56.3 Å². The standard InChI is InChI=1S/C35H48FN5O5/c1-4-31(43)38-32(35(45)41-17-15-40(3)16-18-41)22(2)25-13-14-29(28(36)19-25)37-34(44)26(23-9-7-5-6-8-10-23)20-30(42)27-21-46-39-33(27)24-11-12-24/h13-14,19,21-24,26,32H,4-12,15-18,20H2,1-3H3,(H,37,44)(H,38,43)/t22-,26-,32+/m0/s1. The molecule has 0 radical (unpaired) electrons. The number of likely N-dealkylation sites (N-methyl/N-ethyl adjacent to an activating group) is 1. The maximum absolute atomic E-state index is 15.7. The van der Waals surface area contributed by atoms with Crippen LogP contribution in [0.5, 0.6) is 0 Å². The zero-order valence-electron chi connectivity index (χ0n) is 27.4. The predicted molar refractivity (Wildman–Crippen MR) is 172 cm³/mol. The summed E-state index contributed by atoms with van der Waals surface area (Å²) in [5, 5.41) is 9.71. The fourth-order valence-corrected chi connectivity index (χ4v) is 6.84. The van der Waals surface area contributed by atoms with Crippen molar-refractivity contribution in [3.8, 4) is 0 Å². The number of hydrogen-bond acceptors (Lipinski definition) is 7. The monoisotopic (exact) mass is 637 g/mol. The molecular weight excluding hydrogens is 589 g/mol. The lowest BCUT2D eigenvalue weighted by molar-refractivity contribution is -0.138. The van der Waals surface area contributed by atoms with Gasteiger partial charge in [-0.1, -0.05) is 50.8 Å². The fourth-order valence-electron chi connectivity index (χ4n) is 6.84. The number of nitrogens with zero attached hydrogens (tertiary/aromatic N) is 3. The molecule has 3 fully saturated rings. The van der Waals surface area contributed by atoms with E-state index in [0.29, 0.717) is 29.9 Å². The summed E-state index contributed by atoms with van der Waals surface area (Å²) in [6.45, 7) is 6.13. The van der Waals surface area contributed by atoms with Crippen molar-refractivity contribution < 1.29 is 28.1 Å². The largest absolute Gasteiger partial charge is 0.364 e. The van der Waals surface area contributed by atoms with Gasteiger partial charge in [-0.3, -0.25) is 19.2 Å². The maximum atomic E-state index is 15.7. The van der Waals surface area contributed by atoms with Crippen LogP contribution in [-0.4, -0.2) is 77.7 Å². The van der Waals surface area contributed by atoms with E-state index in [9.17, 15) is 19.2 Å². The number of amides is 3. The summed E-state index contributed by atoms with van der Waals surface area (Å²) in [5.74, 6) is -2.47. The highest BCUT2D eigenvalue weighted by atomic mass is 19.1. The Kier molecular flexibility index (Phi) is 11.2. The molecule has 3 amide bonds. The van der Waals surface area contributed by atoms with Gasteiger partial charge < -0.3 is 25.0 Å². The molecule has 1 aromatic heterocycles. The SMILES string of the molecule is CCC(=O)N[C@@H](C(=O)N1CCN(C)CC1)[C@@H](C)c1ccc(NC(=O)[C@@H](CC(=O)c2conc2C2CC2)C2CCCCCC2)c(F)c1. The highest BCUT2D eigenvalue weighted by Gasteiger charge is 2.36. The first-order valence-electron chi connectivity index (χ1n) is 17.0. The van der Waals surface area contributed by atoms with Crippen LogP contribution < -0.4 is 10.6 Å². The zero-order chi connectivity index (χ0) is 32.8. The fraction of sp³-hybridized carbons (Fsp3) is 0.629. The van der Waals surface area contributed by atoms with Gasteiger partial charge in [0.2, 0.25) is 17.7 Å². The summed E-state index contributed by atoms with van der Waals surface area (Å²) in [7, 11) is 2.00. The van der Waals surface area contributed by atoms with E-state index in [1.165, 1.54) is 18.4 Å². The molecule has 5 rings (SSSR count). The van der Waals surface area contributed by atoms with Crippen LogP contribution in [0.3, 0.4) is 0 Å². The van der Waals surface area contributed by atoms with Gasteiger partial charge in [0.05, 0.1) is 16.9 Å². The Balaban J connectivity index is 1.32. The molecule has 11 heteroatoms. The molecule has 250 valence electrons. The molecule has 0 spiro atoms. The van der Waals surface area contributed by atoms with E-state index in [1.807, 2.05) is 7.05 Å². The van der Waals surface area contributed by atoms with Crippen LogP contribution in [0.15, 0.2) is 29.0 Å². The number of aromatic nitrogens is 1. The van der Waals surface area contributed by atoms with Crippen LogP contribution in [0.1, 0.15) is 112 Å². The Morgan fingerprint density at radius 3 is 2.35 bits per heavy atom. The number of anilines is 1. The molecule has 2 heterocycles. The third-order valence-corrected chi connectivity index (χ3v) is 10.1. The normalized spacial score (nSPS) is 20.0. The number of benzene rings is 1. The molecule has 2 N–H and O–H groups in total. The van der Waals surface area contributed by atoms with E-state index in [2.05, 4.69) is 20.7 Å². The molecule has 2 aliphatic carbocycles. The van der Waals surface area contributed by atoms with Crippen molar-refractivity contribution in [3.63, 3.8) is 0 Å². The number of Topliss-reactive ketones (excluding diaryl/α,β-unsaturated/α-hetero) is 1. The molecule has 1 saturated heterocycles. The molecule has 1 aliphatic heterocycles. The number of carbonyl (C=O) groups is 4. The van der Waals surface area contributed by atoms with Crippen LogP contribution in [0.25, 0.3) is 0 Å². The molecular formula is C35H48FN5O5. The molecule has 2 saturated carbocycles. The smallest absolute Gasteiger partial charge is 0.245 e. The average Bonchev–Trinajstić information content (AvgIpc) is 3.84. The van der Waals surface area contributed by atoms with Crippen molar-refractivity contribution in [2.24, 2.45) is 11.8 Å². The third kappa shape index (κ3) is 8.21. The van der Waals surface area contributed by atoms with E-state index >= 15 is 4.39 Å². The molecule has 0 bridgehead atoms. The minimum Gasteiger partial charge on any atom is -0.364 e. The average molecular weight is 638 g/mol. The van der Waals surface area contributed by atoms with Gasteiger partial charge in [-0.2, -0.15) is 0 Å². The van der Waals surface area contributed by atoms with Crippen LogP contribution in [0, 0.1) is 17.7 Å². The van der Waals surface area contributed by atoms with E-state index in [1.54, 1.807) is 24.8 Å². The number of nitrogens with one attached hydrogen (secondary N) is 2. The van der Waals surface area contributed by atoms with Gasteiger partial charge >= 0.3 is 0 Å². The van der Waals surface area contributed by atoms with Crippen molar-refractivity contribution in [3.05, 3.63) is 47.1 Å². The maximum Gasteiger partial charge on any atom is 0.245 e. The van der Waals surface area contributed by atoms with Gasteiger partial charge in [0.15, 0.2) is 5.78 Å². The van der Waals surface area contributed by atoms with Crippen LogP contribution in [-0.2, 0) is 14.4 Å². The molecule has 3 aliphatic rings. The summed E-state index contributed by atoms with van der Waals surface area (Å²) >= 11 is 0. The summed E-state index contributed by atoms with van der Waals surface area (Å²) in [6, 6.07) is 3.68. The summed E-state index contributed by atoms with van der Waals surface area (Å²) in [5.41, 5.74) is 1.69. The van der Waals surface area contributed by atoms with E-state index in [-0.39, 0.29) is 53.9 Å². The first-order chi connectivity index (χ1) is 22.2. The predicted octanol–water partition coefficient (Wildman–Crippen LogP) is 5.26. The van der Waals surface area contributed by atoms with Crippen molar-refractivity contribution in [1.82, 2.24) is 20.3 Å². The lowest BCUT2D eigenvalue weighted by Crippen LogP contribution is -2.55. The number of halogens is 1. The summed E-state index contributed by atoms with van der Waals surface area (Å²) < 4.78 is 20.8. The summed E-state index contributed by atoms with van der Waals surface area (Å²) in [4.78, 5) is 57.2. The number of piperazine rings is 1. The minimum atomic E-state index is -0.848. The Hall–Kier alpha value is -3.60. The molecule has 1 aromatic carbocycles. The molecule has 0 unspecified atom stereocenters. The first-order valence-corrected chi connectivity index (χ1v) is 17.0. The number of carbonyl (C=O) groups excluding carboxylic acids is 4. The molecule has 46 heavy (non-hydrogen) atoms. The molecule has 10 nitrogen and oxygen atoms in total. The Bertz CT molecular complexity index is 1390. The van der Waals surface area contributed by atoms with E-state index < -0.39 is 23.7 Å². The van der Waals surface area contributed by atoms with Crippen molar-refractivity contribution in [1.29, 1.82) is 0 Å². The topological polar surface area (TPSA) is 125 Å². The molecule has 2 aromatic rings. The Labute approximate surface area is 270 Å². The number of hydrogen-bond donors (Lipinski definition) is 2. The number of rotatable bonds is 12. The van der Waals surface area contributed by atoms with Crippen molar-refractivity contribution >= 4 is 29.2 Å². The lowest BCUT2D eigenvalue weighted by atomic mass is 9.81. The van der Waals surface area contributed by atoms with Crippen LogP contribution in [0.4, 0.5) is 10.1 Å². The first kappa shape index (κ1) is 33.8. The minimum absolute atomic E-state index is 0.0153. The summed E-state index contributed by atoms with van der Waals surface area (Å²) in [6.07, 6.45) is 9.45. The number of ketones is 1. The Morgan fingerprint density at radius 1 is 1.02 bits per heavy atom. The lowest BCUT2D eigenvalue weighted by Gasteiger charge is -2.36. The second kappa shape index (κ2) is 15.3. The van der Waals surface area contributed by atoms with Gasteiger partial charge in [0.1, 0.15) is 18.1 Å². The Morgan fingerprint density at radius 2 is 1.72 bits per heavy atom. The third-order valence-electron chi connectivity index (χ3n) is 10.1. The highest BCUT2D eigenvalue weighted by molar-refractivity contribution is 6.02. The molecule has 3 atom stereocenters. The van der Waals surface area contributed by atoms with Crippen LogP contribution in [0.2, 0.25) is 0 Å². The van der Waals surface area contributed by atoms with Gasteiger partial charge in [-0.25, -0.2) is 4.39 Å². The highest BCUT2D eigenvalue weighted by Crippen LogP contribution is 2.42. The van der Waals surface area contributed by atoms with Gasteiger partial charge in [0, 0.05) is 56.8 Å². The second-order valence-electron chi connectivity index (χ2n) is 13.4. The van der Waals surface area contributed by atoms with E-state index in [0.717, 1.165) is 64.5 Å². The van der Waals surface area contributed by atoms with Crippen molar-refractivity contribution in [2.75, 3.05) is 38.5 Å². The second-order valence-corrected chi connectivity index (χ2v) is 13.4. The van der Waals surface area contributed by atoms with E-state index in [4.69, 9.17) is 4.52 Å². The van der Waals surface area contributed by atoms with Gasteiger partial charge in [0.25, 0.3) is 0 Å². The zero-order valence-corrected chi connectivity index (χ0v) is 27.4. The van der Waals surface area contributed by atoms with Crippen LogP contribution >= 0.6 is 0 Å².